The van der Waals surface area contributed by atoms with E-state index in [0.29, 0.717) is 23.8 Å². The fourth-order valence-corrected chi connectivity index (χ4v) is 3.90. The van der Waals surface area contributed by atoms with Crippen molar-refractivity contribution in [3.8, 4) is 0 Å². The first-order chi connectivity index (χ1) is 13.0. The number of anilines is 1. The van der Waals surface area contributed by atoms with Crippen LogP contribution < -0.4 is 11.1 Å². The van der Waals surface area contributed by atoms with Gasteiger partial charge in [-0.2, -0.15) is 5.10 Å². The minimum atomic E-state index is -0.0715. The molecule has 1 aliphatic carbocycles. The number of nitrogens with two attached hydrogens (primary N) is 1. The standard InChI is InChI=1S/C20H30N6O/c1-22-11-14-4-6-15(7-5-14)18-10-17(26(3)24-18)13-25(2)20(27)16-8-9-19(21)23-12-16/h8-10,12,14-15,22H,4-7,11,13H2,1-3H3,(H2,21,23). The van der Waals surface area contributed by atoms with E-state index in [0.717, 1.165) is 23.9 Å². The molecule has 0 atom stereocenters. The van der Waals surface area contributed by atoms with E-state index < -0.39 is 0 Å². The third kappa shape index (κ3) is 4.66. The quantitative estimate of drug-likeness (QED) is 0.813. The number of aromatic nitrogens is 3. The van der Waals surface area contributed by atoms with Gasteiger partial charge in [0.05, 0.1) is 23.5 Å². The van der Waals surface area contributed by atoms with Crippen LogP contribution in [0.5, 0.6) is 0 Å². The minimum absolute atomic E-state index is 0.0715. The Kier molecular flexibility index (Phi) is 6.11. The maximum Gasteiger partial charge on any atom is 0.255 e. The Morgan fingerprint density at radius 3 is 2.70 bits per heavy atom. The first-order valence-corrected chi connectivity index (χ1v) is 9.62. The van der Waals surface area contributed by atoms with Crippen LogP contribution in [0, 0.1) is 5.92 Å². The van der Waals surface area contributed by atoms with Gasteiger partial charge in [0.2, 0.25) is 0 Å². The van der Waals surface area contributed by atoms with Gasteiger partial charge in [-0.1, -0.05) is 0 Å². The van der Waals surface area contributed by atoms with E-state index in [4.69, 9.17) is 10.8 Å². The number of nitrogens with one attached hydrogen (secondary N) is 1. The molecule has 1 fully saturated rings. The third-order valence-corrected chi connectivity index (χ3v) is 5.53. The van der Waals surface area contributed by atoms with Gasteiger partial charge < -0.3 is 16.0 Å². The number of hydrogen-bond acceptors (Lipinski definition) is 5. The number of carbonyl (C=O) groups is 1. The first kappa shape index (κ1) is 19.4. The number of amides is 1. The summed E-state index contributed by atoms with van der Waals surface area (Å²) >= 11 is 0. The molecule has 0 unspecified atom stereocenters. The lowest BCUT2D eigenvalue weighted by Gasteiger charge is -2.27. The summed E-state index contributed by atoms with van der Waals surface area (Å²) in [6.07, 6.45) is 6.40. The Balaban J connectivity index is 1.62. The zero-order chi connectivity index (χ0) is 19.4. The molecule has 2 aromatic heterocycles. The Bertz CT molecular complexity index is 761. The maximum absolute atomic E-state index is 12.6. The summed E-state index contributed by atoms with van der Waals surface area (Å²) in [6, 6.07) is 5.52. The van der Waals surface area contributed by atoms with Gasteiger partial charge in [-0.3, -0.25) is 9.48 Å². The van der Waals surface area contributed by atoms with E-state index in [1.165, 1.54) is 31.9 Å². The molecule has 3 N–H and O–H groups in total. The topological polar surface area (TPSA) is 89.1 Å². The molecule has 146 valence electrons. The summed E-state index contributed by atoms with van der Waals surface area (Å²) in [7, 11) is 5.78. The predicted octanol–water partition coefficient (Wildman–Crippen LogP) is 2.16. The lowest BCUT2D eigenvalue weighted by atomic mass is 9.80. The molecule has 0 bridgehead atoms. The Labute approximate surface area is 160 Å². The summed E-state index contributed by atoms with van der Waals surface area (Å²) in [5.41, 5.74) is 8.33. The van der Waals surface area contributed by atoms with E-state index in [-0.39, 0.29) is 5.91 Å². The van der Waals surface area contributed by atoms with Crippen LogP contribution in [0.25, 0.3) is 0 Å². The molecule has 0 saturated heterocycles. The van der Waals surface area contributed by atoms with Crippen LogP contribution in [0.4, 0.5) is 5.82 Å². The summed E-state index contributed by atoms with van der Waals surface area (Å²) < 4.78 is 1.90. The summed E-state index contributed by atoms with van der Waals surface area (Å²) in [5.74, 6) is 1.65. The highest BCUT2D eigenvalue weighted by Gasteiger charge is 2.25. The predicted molar refractivity (Wildman–Crippen MR) is 106 cm³/mol. The fraction of sp³-hybridized carbons (Fsp3) is 0.550. The number of pyridine rings is 1. The minimum Gasteiger partial charge on any atom is -0.384 e. The van der Waals surface area contributed by atoms with Crippen molar-refractivity contribution in [2.45, 2.75) is 38.1 Å². The van der Waals surface area contributed by atoms with Crippen LogP contribution in [0.2, 0.25) is 0 Å². The molecule has 0 spiro atoms. The lowest BCUT2D eigenvalue weighted by molar-refractivity contribution is 0.0781. The van der Waals surface area contributed by atoms with Crippen LogP contribution >= 0.6 is 0 Å². The molecule has 1 aliphatic rings. The van der Waals surface area contributed by atoms with Crippen molar-refractivity contribution in [1.29, 1.82) is 0 Å². The molecule has 1 saturated carbocycles. The highest BCUT2D eigenvalue weighted by Crippen LogP contribution is 2.35. The molecular weight excluding hydrogens is 340 g/mol. The third-order valence-electron chi connectivity index (χ3n) is 5.53. The zero-order valence-corrected chi connectivity index (χ0v) is 16.5. The normalized spacial score (nSPS) is 19.8. The maximum atomic E-state index is 12.6. The van der Waals surface area contributed by atoms with Gasteiger partial charge in [0.25, 0.3) is 5.91 Å². The van der Waals surface area contributed by atoms with Gasteiger partial charge in [-0.15, -0.1) is 0 Å². The average molecular weight is 371 g/mol. The highest BCUT2D eigenvalue weighted by atomic mass is 16.2. The second-order valence-corrected chi connectivity index (χ2v) is 7.59. The summed E-state index contributed by atoms with van der Waals surface area (Å²) in [5, 5.41) is 8.02. The SMILES string of the molecule is CNCC1CCC(c2cc(CN(C)C(=O)c3ccc(N)nc3)n(C)n2)CC1. The van der Waals surface area contributed by atoms with E-state index in [1.807, 2.05) is 18.8 Å². The van der Waals surface area contributed by atoms with Crippen molar-refractivity contribution in [1.82, 2.24) is 25.0 Å². The van der Waals surface area contributed by atoms with Crippen molar-refractivity contribution in [3.63, 3.8) is 0 Å². The smallest absolute Gasteiger partial charge is 0.255 e. The van der Waals surface area contributed by atoms with E-state index in [2.05, 4.69) is 16.4 Å². The fourth-order valence-electron chi connectivity index (χ4n) is 3.90. The molecule has 7 nitrogen and oxygen atoms in total. The van der Waals surface area contributed by atoms with Crippen LogP contribution in [-0.2, 0) is 13.6 Å². The Morgan fingerprint density at radius 1 is 1.33 bits per heavy atom. The van der Waals surface area contributed by atoms with Crippen molar-refractivity contribution in [2.75, 3.05) is 26.4 Å². The van der Waals surface area contributed by atoms with Gasteiger partial charge in [0.15, 0.2) is 0 Å². The van der Waals surface area contributed by atoms with Crippen molar-refractivity contribution in [2.24, 2.45) is 13.0 Å². The van der Waals surface area contributed by atoms with Crippen molar-refractivity contribution < 1.29 is 4.79 Å². The average Bonchev–Trinajstić information content (AvgIpc) is 3.03. The molecule has 3 rings (SSSR count). The number of rotatable bonds is 6. The highest BCUT2D eigenvalue weighted by molar-refractivity contribution is 5.93. The van der Waals surface area contributed by atoms with Crippen LogP contribution in [0.3, 0.4) is 0 Å². The second kappa shape index (κ2) is 8.52. The zero-order valence-electron chi connectivity index (χ0n) is 16.5. The van der Waals surface area contributed by atoms with E-state index in [1.54, 1.807) is 24.1 Å². The van der Waals surface area contributed by atoms with Crippen LogP contribution in [0.1, 0.15) is 53.3 Å². The number of nitrogens with zero attached hydrogens (tertiary/aromatic N) is 4. The van der Waals surface area contributed by atoms with Gasteiger partial charge in [-0.25, -0.2) is 4.98 Å². The number of nitrogen functional groups attached to an aromatic ring is 1. The summed E-state index contributed by atoms with van der Waals surface area (Å²) in [6.45, 7) is 1.62. The molecule has 27 heavy (non-hydrogen) atoms. The number of carbonyl (C=O) groups excluding carboxylic acids is 1. The Hall–Kier alpha value is -2.41. The Morgan fingerprint density at radius 2 is 2.07 bits per heavy atom. The summed E-state index contributed by atoms with van der Waals surface area (Å²) in [4.78, 5) is 18.3. The van der Waals surface area contributed by atoms with E-state index >= 15 is 0 Å². The van der Waals surface area contributed by atoms with Crippen LogP contribution in [0.15, 0.2) is 24.4 Å². The molecular formula is C20H30N6O. The molecule has 0 aliphatic heterocycles. The van der Waals surface area contributed by atoms with Crippen molar-refractivity contribution in [3.05, 3.63) is 41.3 Å². The molecule has 1 amide bonds. The van der Waals surface area contributed by atoms with E-state index in [9.17, 15) is 4.79 Å². The molecule has 2 aromatic rings. The lowest BCUT2D eigenvalue weighted by Crippen LogP contribution is -2.27. The molecule has 0 aromatic carbocycles. The second-order valence-electron chi connectivity index (χ2n) is 7.59. The first-order valence-electron chi connectivity index (χ1n) is 9.62. The van der Waals surface area contributed by atoms with Crippen molar-refractivity contribution >= 4 is 11.7 Å². The largest absolute Gasteiger partial charge is 0.384 e. The van der Waals surface area contributed by atoms with Crippen LogP contribution in [-0.4, -0.2) is 46.2 Å². The molecule has 7 heteroatoms. The van der Waals surface area contributed by atoms with Gasteiger partial charge in [-0.05, 0) is 63.4 Å². The van der Waals surface area contributed by atoms with Gasteiger partial charge >= 0.3 is 0 Å². The number of hydrogen-bond donors (Lipinski definition) is 2. The van der Waals surface area contributed by atoms with Gasteiger partial charge in [0, 0.05) is 26.2 Å². The van der Waals surface area contributed by atoms with Gasteiger partial charge in [0.1, 0.15) is 5.82 Å². The number of aryl methyl sites for hydroxylation is 1. The molecule has 0 radical (unpaired) electrons. The molecule has 2 heterocycles. The monoisotopic (exact) mass is 370 g/mol.